The molecule has 1 amide bonds. The lowest BCUT2D eigenvalue weighted by atomic mass is 10.1. The van der Waals surface area contributed by atoms with Gasteiger partial charge in [0.2, 0.25) is 0 Å². The van der Waals surface area contributed by atoms with Gasteiger partial charge in [0.05, 0.1) is 16.6 Å². The van der Waals surface area contributed by atoms with E-state index in [-0.39, 0.29) is 11.7 Å². The first kappa shape index (κ1) is 21.7. The summed E-state index contributed by atoms with van der Waals surface area (Å²) in [6.45, 7) is 7.05. The Morgan fingerprint density at radius 2 is 1.71 bits per heavy atom. The van der Waals surface area contributed by atoms with Crippen LogP contribution in [0.4, 0.5) is 5.69 Å². The van der Waals surface area contributed by atoms with Gasteiger partial charge in [-0.25, -0.2) is 0 Å². The molecule has 0 saturated carbocycles. The molecule has 31 heavy (non-hydrogen) atoms. The van der Waals surface area contributed by atoms with Crippen molar-refractivity contribution in [1.82, 2.24) is 4.90 Å². The summed E-state index contributed by atoms with van der Waals surface area (Å²) in [4.78, 5) is 17.7. The molecule has 4 rings (SSSR count). The molecule has 1 saturated heterocycles. The van der Waals surface area contributed by atoms with Gasteiger partial charge in [0.1, 0.15) is 5.76 Å². The quantitative estimate of drug-likeness (QED) is 0.552. The van der Waals surface area contributed by atoms with Crippen molar-refractivity contribution in [3.8, 4) is 0 Å². The highest BCUT2D eigenvalue weighted by Gasteiger charge is 2.25. The number of carbonyl (C=O) groups excluding carboxylic acids is 1. The molecule has 0 N–H and O–H groups in total. The van der Waals surface area contributed by atoms with Crippen molar-refractivity contribution < 1.29 is 13.4 Å². The second-order valence-corrected chi connectivity index (χ2v) is 9.67. The summed E-state index contributed by atoms with van der Waals surface area (Å²) in [7, 11) is -1.26. The Morgan fingerprint density at radius 1 is 1.00 bits per heavy atom. The Morgan fingerprint density at radius 3 is 2.42 bits per heavy atom. The van der Waals surface area contributed by atoms with Crippen LogP contribution in [0.15, 0.2) is 63.9 Å². The number of furan rings is 1. The Labute approximate surface area is 190 Å². The summed E-state index contributed by atoms with van der Waals surface area (Å²) in [6.07, 6.45) is 0. The number of piperazine rings is 1. The molecule has 3 aromatic rings. The normalized spacial score (nSPS) is 15.2. The molecule has 2 heterocycles. The SMILES string of the molecule is Cc1ccc(C)c(N2CCN(C(=O)c3ccc(C[S@](=O)c4ccc(Cl)cc4)o3)CC2)c1. The highest BCUT2D eigenvalue weighted by Crippen LogP contribution is 2.24. The summed E-state index contributed by atoms with van der Waals surface area (Å²) in [5.41, 5.74) is 3.71. The van der Waals surface area contributed by atoms with Crippen LogP contribution < -0.4 is 4.90 Å². The van der Waals surface area contributed by atoms with Crippen molar-refractivity contribution >= 4 is 34.0 Å². The predicted octanol–water partition coefficient (Wildman–Crippen LogP) is 4.82. The molecule has 0 unspecified atom stereocenters. The lowest BCUT2D eigenvalue weighted by Gasteiger charge is -2.36. The number of halogens is 1. The summed E-state index contributed by atoms with van der Waals surface area (Å²) in [5.74, 6) is 0.924. The molecule has 5 nitrogen and oxygen atoms in total. The van der Waals surface area contributed by atoms with Gasteiger partial charge < -0.3 is 14.2 Å². The molecule has 7 heteroatoms. The Balaban J connectivity index is 1.36. The molecule has 1 aromatic heterocycles. The molecule has 0 bridgehead atoms. The van der Waals surface area contributed by atoms with E-state index in [2.05, 4.69) is 36.9 Å². The van der Waals surface area contributed by atoms with E-state index in [1.165, 1.54) is 16.8 Å². The van der Waals surface area contributed by atoms with Crippen LogP contribution in [0, 0.1) is 13.8 Å². The average Bonchev–Trinajstić information content (AvgIpc) is 3.24. The monoisotopic (exact) mass is 456 g/mol. The summed E-state index contributed by atoms with van der Waals surface area (Å²) in [5, 5.41) is 0.601. The van der Waals surface area contributed by atoms with Crippen LogP contribution in [0.3, 0.4) is 0 Å². The zero-order valence-electron chi connectivity index (χ0n) is 17.6. The van der Waals surface area contributed by atoms with E-state index >= 15 is 0 Å². The van der Waals surface area contributed by atoms with Crippen LogP contribution >= 0.6 is 11.6 Å². The molecule has 1 aliphatic heterocycles. The zero-order chi connectivity index (χ0) is 22.0. The number of benzene rings is 2. The first-order chi connectivity index (χ1) is 14.9. The van der Waals surface area contributed by atoms with E-state index in [0.29, 0.717) is 34.5 Å². The zero-order valence-corrected chi connectivity index (χ0v) is 19.2. The summed E-state index contributed by atoms with van der Waals surface area (Å²) >= 11 is 5.88. The molecular formula is C24H25ClN2O3S. The number of nitrogens with zero attached hydrogens (tertiary/aromatic N) is 2. The Hall–Kier alpha value is -2.57. The van der Waals surface area contributed by atoms with Crippen LogP contribution in [0.2, 0.25) is 5.02 Å². The minimum Gasteiger partial charge on any atom is -0.455 e. The number of rotatable bonds is 5. The van der Waals surface area contributed by atoms with Gasteiger partial charge in [0.15, 0.2) is 5.76 Å². The molecule has 162 valence electrons. The fraction of sp³-hybridized carbons (Fsp3) is 0.292. The fourth-order valence-corrected chi connectivity index (χ4v) is 4.88. The van der Waals surface area contributed by atoms with Gasteiger partial charge in [0, 0.05) is 41.8 Å². The van der Waals surface area contributed by atoms with Gasteiger partial charge in [-0.15, -0.1) is 0 Å². The summed E-state index contributed by atoms with van der Waals surface area (Å²) in [6, 6.07) is 16.8. The van der Waals surface area contributed by atoms with Crippen molar-refractivity contribution in [3.05, 3.63) is 82.3 Å². The van der Waals surface area contributed by atoms with E-state index in [4.69, 9.17) is 16.0 Å². The first-order valence-electron chi connectivity index (χ1n) is 10.2. The maximum absolute atomic E-state index is 12.9. The van der Waals surface area contributed by atoms with Crippen LogP contribution in [-0.4, -0.2) is 41.2 Å². The number of carbonyl (C=O) groups is 1. The van der Waals surface area contributed by atoms with Crippen LogP contribution in [0.1, 0.15) is 27.4 Å². The topological polar surface area (TPSA) is 53.8 Å². The van der Waals surface area contributed by atoms with E-state index in [1.54, 1.807) is 36.4 Å². The van der Waals surface area contributed by atoms with Crippen molar-refractivity contribution in [3.63, 3.8) is 0 Å². The van der Waals surface area contributed by atoms with Crippen LogP contribution in [0.25, 0.3) is 0 Å². The first-order valence-corrected chi connectivity index (χ1v) is 11.9. The highest BCUT2D eigenvalue weighted by atomic mass is 35.5. The predicted molar refractivity (Wildman–Crippen MR) is 124 cm³/mol. The minimum absolute atomic E-state index is 0.121. The highest BCUT2D eigenvalue weighted by molar-refractivity contribution is 7.84. The number of hydrogen-bond acceptors (Lipinski definition) is 4. The lowest BCUT2D eigenvalue weighted by molar-refractivity contribution is 0.0713. The minimum atomic E-state index is -1.26. The number of anilines is 1. The van der Waals surface area contributed by atoms with Crippen molar-refractivity contribution in [1.29, 1.82) is 0 Å². The third kappa shape index (κ3) is 5.02. The van der Waals surface area contributed by atoms with Gasteiger partial charge in [-0.05, 0) is 67.4 Å². The summed E-state index contributed by atoms with van der Waals surface area (Å²) < 4.78 is 18.3. The van der Waals surface area contributed by atoms with Crippen LogP contribution in [0.5, 0.6) is 0 Å². The largest absolute Gasteiger partial charge is 0.455 e. The van der Waals surface area contributed by atoms with E-state index < -0.39 is 10.8 Å². The van der Waals surface area contributed by atoms with E-state index in [9.17, 15) is 9.00 Å². The third-order valence-electron chi connectivity index (χ3n) is 5.49. The molecule has 0 spiro atoms. The Bertz CT molecular complexity index is 1100. The fourth-order valence-electron chi connectivity index (χ4n) is 3.74. The third-order valence-corrected chi connectivity index (χ3v) is 7.09. The lowest BCUT2D eigenvalue weighted by Crippen LogP contribution is -2.49. The van der Waals surface area contributed by atoms with Crippen molar-refractivity contribution in [2.75, 3.05) is 31.1 Å². The van der Waals surface area contributed by atoms with Gasteiger partial charge in [0.25, 0.3) is 5.91 Å². The molecule has 1 fully saturated rings. The molecule has 0 radical (unpaired) electrons. The maximum Gasteiger partial charge on any atom is 0.289 e. The van der Waals surface area contributed by atoms with E-state index in [1.807, 2.05) is 4.90 Å². The number of aryl methyl sites for hydroxylation is 2. The van der Waals surface area contributed by atoms with Gasteiger partial charge in [-0.1, -0.05) is 23.7 Å². The Kier molecular flexibility index (Phi) is 6.49. The number of hydrogen-bond donors (Lipinski definition) is 0. The molecule has 1 atom stereocenters. The van der Waals surface area contributed by atoms with Crippen molar-refractivity contribution in [2.45, 2.75) is 24.5 Å². The standard InChI is InChI=1S/C24H25ClN2O3S/c1-17-3-4-18(2)22(15-17)26-11-13-27(14-12-26)24(28)23-10-7-20(30-23)16-31(29)21-8-5-19(25)6-9-21/h3-10,15H,11-14,16H2,1-2H3/t31-/m0/s1. The average molecular weight is 457 g/mol. The number of amides is 1. The van der Waals surface area contributed by atoms with E-state index in [0.717, 1.165) is 13.1 Å². The van der Waals surface area contributed by atoms with Gasteiger partial charge >= 0.3 is 0 Å². The molecule has 1 aliphatic rings. The van der Waals surface area contributed by atoms with Crippen LogP contribution in [-0.2, 0) is 16.6 Å². The maximum atomic E-state index is 12.9. The van der Waals surface area contributed by atoms with Gasteiger partial charge in [-0.3, -0.25) is 9.00 Å². The molecule has 2 aromatic carbocycles. The molecular weight excluding hydrogens is 432 g/mol. The molecule has 0 aliphatic carbocycles. The second-order valence-electron chi connectivity index (χ2n) is 7.78. The van der Waals surface area contributed by atoms with Crippen molar-refractivity contribution in [2.24, 2.45) is 0 Å². The smallest absolute Gasteiger partial charge is 0.289 e. The second kappa shape index (κ2) is 9.28. The van der Waals surface area contributed by atoms with Gasteiger partial charge in [-0.2, -0.15) is 0 Å².